The van der Waals surface area contributed by atoms with Gasteiger partial charge in [-0.1, -0.05) is 29.8 Å². The van der Waals surface area contributed by atoms with Crippen LogP contribution in [0, 0.1) is 18.3 Å². The van der Waals surface area contributed by atoms with Gasteiger partial charge >= 0.3 is 5.69 Å². The number of nitriles is 1. The van der Waals surface area contributed by atoms with Crippen LogP contribution >= 0.6 is 0 Å². The minimum atomic E-state index is -0.534. The monoisotopic (exact) mass is 353 g/mol. The molecule has 2 aromatic rings. The Bertz CT molecular complexity index is 975. The molecule has 26 heavy (non-hydrogen) atoms. The lowest BCUT2D eigenvalue weighted by Crippen LogP contribution is -2.50. The van der Waals surface area contributed by atoms with Crippen LogP contribution in [0.25, 0.3) is 0 Å². The molecule has 0 aliphatic carbocycles. The Balaban J connectivity index is 1.80. The summed E-state index contributed by atoms with van der Waals surface area (Å²) in [5, 5.41) is 9.43. The highest BCUT2D eigenvalue weighted by Crippen LogP contribution is 2.18. The van der Waals surface area contributed by atoms with E-state index >= 15 is 0 Å². The number of nitrogens with zero attached hydrogens (tertiary/aromatic N) is 5. The third-order valence-electron chi connectivity index (χ3n) is 4.91. The molecule has 0 saturated carbocycles. The molecule has 0 unspecified atom stereocenters. The van der Waals surface area contributed by atoms with E-state index in [2.05, 4.69) is 36.1 Å². The molecule has 7 heteroatoms. The molecule has 0 bridgehead atoms. The topological polar surface area (TPSA) is 74.3 Å². The van der Waals surface area contributed by atoms with Crippen molar-refractivity contribution < 1.29 is 0 Å². The maximum atomic E-state index is 12.3. The predicted octanol–water partition coefficient (Wildman–Crippen LogP) is 0.586. The van der Waals surface area contributed by atoms with Gasteiger partial charge in [-0.05, 0) is 12.5 Å². The molecule has 1 saturated heterocycles. The zero-order valence-corrected chi connectivity index (χ0v) is 15.4. The van der Waals surface area contributed by atoms with Crippen molar-refractivity contribution in [1.29, 1.82) is 5.26 Å². The summed E-state index contributed by atoms with van der Waals surface area (Å²) in [7, 11) is 3.01. The van der Waals surface area contributed by atoms with E-state index in [0.717, 1.165) is 24.2 Å². The SMILES string of the molecule is Cc1cccc(CN2CCN(c3c(C#N)c(=O)n(C)c(=O)n3C)CC2)c1. The van der Waals surface area contributed by atoms with Crippen LogP contribution in [-0.2, 0) is 20.6 Å². The average molecular weight is 353 g/mol. The molecule has 2 heterocycles. The van der Waals surface area contributed by atoms with Gasteiger partial charge in [0.15, 0.2) is 5.56 Å². The number of hydrogen-bond acceptors (Lipinski definition) is 5. The van der Waals surface area contributed by atoms with Crippen molar-refractivity contribution in [3.63, 3.8) is 0 Å². The van der Waals surface area contributed by atoms with E-state index in [1.807, 2.05) is 11.0 Å². The third-order valence-corrected chi connectivity index (χ3v) is 4.91. The molecule has 0 atom stereocenters. The molecule has 1 fully saturated rings. The molecule has 0 radical (unpaired) electrons. The summed E-state index contributed by atoms with van der Waals surface area (Å²) < 4.78 is 2.38. The van der Waals surface area contributed by atoms with E-state index in [4.69, 9.17) is 0 Å². The first-order chi connectivity index (χ1) is 12.4. The number of anilines is 1. The van der Waals surface area contributed by atoms with Gasteiger partial charge in [-0.15, -0.1) is 0 Å². The molecule has 3 rings (SSSR count). The zero-order chi connectivity index (χ0) is 18.8. The Hall–Kier alpha value is -2.85. The highest BCUT2D eigenvalue weighted by molar-refractivity contribution is 5.53. The van der Waals surface area contributed by atoms with Crippen LogP contribution in [-0.4, -0.2) is 40.2 Å². The van der Waals surface area contributed by atoms with Crippen molar-refractivity contribution >= 4 is 5.82 Å². The summed E-state index contributed by atoms with van der Waals surface area (Å²) >= 11 is 0. The summed E-state index contributed by atoms with van der Waals surface area (Å²) in [6.45, 7) is 5.91. The third kappa shape index (κ3) is 3.28. The van der Waals surface area contributed by atoms with E-state index in [1.165, 1.54) is 22.7 Å². The molecule has 0 N–H and O–H groups in total. The summed E-state index contributed by atoms with van der Waals surface area (Å²) in [5.74, 6) is 0.427. The first-order valence-electron chi connectivity index (χ1n) is 8.65. The Morgan fingerprint density at radius 3 is 2.38 bits per heavy atom. The van der Waals surface area contributed by atoms with E-state index in [9.17, 15) is 14.9 Å². The van der Waals surface area contributed by atoms with Gasteiger partial charge in [0.25, 0.3) is 5.56 Å². The van der Waals surface area contributed by atoms with Crippen LogP contribution in [0.3, 0.4) is 0 Å². The fourth-order valence-electron chi connectivity index (χ4n) is 3.49. The van der Waals surface area contributed by atoms with Crippen molar-refractivity contribution in [3.05, 3.63) is 61.8 Å². The van der Waals surface area contributed by atoms with Crippen molar-refractivity contribution in [2.75, 3.05) is 31.1 Å². The van der Waals surface area contributed by atoms with Crippen LogP contribution in [0.5, 0.6) is 0 Å². The van der Waals surface area contributed by atoms with Crippen LogP contribution in [0.15, 0.2) is 33.9 Å². The molecule has 1 aromatic heterocycles. The smallest absolute Gasteiger partial charge is 0.332 e. The number of aromatic nitrogens is 2. The lowest BCUT2D eigenvalue weighted by Gasteiger charge is -2.36. The quantitative estimate of drug-likeness (QED) is 0.807. The normalized spacial score (nSPS) is 15.1. The van der Waals surface area contributed by atoms with E-state index in [1.54, 1.807) is 7.05 Å². The first-order valence-corrected chi connectivity index (χ1v) is 8.65. The Labute approximate surface area is 152 Å². The van der Waals surface area contributed by atoms with Crippen molar-refractivity contribution in [1.82, 2.24) is 14.0 Å². The van der Waals surface area contributed by atoms with E-state index < -0.39 is 11.2 Å². The zero-order valence-electron chi connectivity index (χ0n) is 15.4. The second-order valence-corrected chi connectivity index (χ2v) is 6.77. The van der Waals surface area contributed by atoms with Crippen LogP contribution in [0.2, 0.25) is 0 Å². The standard InChI is InChI=1S/C19H23N5O2/c1-14-5-4-6-15(11-14)13-23-7-9-24(10-8-23)17-16(12-20)18(25)22(3)19(26)21(17)2/h4-6,11H,7-10,13H2,1-3H3. The van der Waals surface area contributed by atoms with Gasteiger partial charge in [-0.25, -0.2) is 4.79 Å². The summed E-state index contributed by atoms with van der Waals surface area (Å²) in [4.78, 5) is 28.8. The van der Waals surface area contributed by atoms with Crippen LogP contribution < -0.4 is 16.1 Å². The van der Waals surface area contributed by atoms with Crippen molar-refractivity contribution in [3.8, 4) is 6.07 Å². The second-order valence-electron chi connectivity index (χ2n) is 6.77. The van der Waals surface area contributed by atoms with Gasteiger partial charge in [0.1, 0.15) is 11.9 Å². The molecule has 0 amide bonds. The summed E-state index contributed by atoms with van der Waals surface area (Å²) in [5.41, 5.74) is 1.60. The van der Waals surface area contributed by atoms with Crippen molar-refractivity contribution in [2.45, 2.75) is 13.5 Å². The Morgan fingerprint density at radius 1 is 1.08 bits per heavy atom. The lowest BCUT2D eigenvalue weighted by atomic mass is 10.1. The highest BCUT2D eigenvalue weighted by atomic mass is 16.2. The van der Waals surface area contributed by atoms with Gasteiger partial charge in [-0.3, -0.25) is 18.8 Å². The molecule has 0 spiro atoms. The molecule has 1 aliphatic heterocycles. The molecule has 1 aliphatic rings. The van der Waals surface area contributed by atoms with Gasteiger partial charge in [0.2, 0.25) is 0 Å². The Kier molecular flexibility index (Phi) is 4.96. The van der Waals surface area contributed by atoms with Gasteiger partial charge in [-0.2, -0.15) is 5.26 Å². The van der Waals surface area contributed by atoms with Crippen LogP contribution in [0.1, 0.15) is 16.7 Å². The summed E-state index contributed by atoms with van der Waals surface area (Å²) in [6.07, 6.45) is 0. The number of piperazine rings is 1. The minimum absolute atomic E-state index is 0.0294. The fraction of sp³-hybridized carbons (Fsp3) is 0.421. The summed E-state index contributed by atoms with van der Waals surface area (Å²) in [6, 6.07) is 10.4. The second kappa shape index (κ2) is 7.18. The number of aryl methyl sites for hydroxylation is 1. The largest absolute Gasteiger partial charge is 0.354 e. The van der Waals surface area contributed by atoms with E-state index in [-0.39, 0.29) is 5.56 Å². The first kappa shape index (κ1) is 18.0. The number of hydrogen-bond donors (Lipinski definition) is 0. The lowest BCUT2D eigenvalue weighted by molar-refractivity contribution is 0.248. The maximum Gasteiger partial charge on any atom is 0.332 e. The minimum Gasteiger partial charge on any atom is -0.354 e. The van der Waals surface area contributed by atoms with Crippen molar-refractivity contribution in [2.24, 2.45) is 14.1 Å². The predicted molar refractivity (Wildman–Crippen MR) is 100 cm³/mol. The van der Waals surface area contributed by atoms with Gasteiger partial charge in [0, 0.05) is 46.8 Å². The van der Waals surface area contributed by atoms with Gasteiger partial charge in [0.05, 0.1) is 0 Å². The highest BCUT2D eigenvalue weighted by Gasteiger charge is 2.24. The fourth-order valence-corrected chi connectivity index (χ4v) is 3.49. The molecule has 7 nitrogen and oxygen atoms in total. The van der Waals surface area contributed by atoms with E-state index in [0.29, 0.717) is 18.9 Å². The molecular formula is C19H23N5O2. The molecular weight excluding hydrogens is 330 g/mol. The maximum absolute atomic E-state index is 12.3. The molecule has 1 aromatic carbocycles. The number of rotatable bonds is 3. The Morgan fingerprint density at radius 2 is 1.77 bits per heavy atom. The van der Waals surface area contributed by atoms with Crippen LogP contribution in [0.4, 0.5) is 5.82 Å². The number of benzene rings is 1. The van der Waals surface area contributed by atoms with Gasteiger partial charge < -0.3 is 4.90 Å². The average Bonchev–Trinajstić information content (AvgIpc) is 2.64. The molecule has 136 valence electrons.